The van der Waals surface area contributed by atoms with E-state index in [0.29, 0.717) is 17.7 Å². The lowest BCUT2D eigenvalue weighted by atomic mass is 9.94. The third-order valence-corrected chi connectivity index (χ3v) is 3.72. The van der Waals surface area contributed by atoms with E-state index < -0.39 is 5.91 Å². The molecule has 0 saturated heterocycles. The second kappa shape index (κ2) is 7.56. The Hall–Kier alpha value is -2.66. The molecule has 0 aliphatic rings. The molecule has 120 valence electrons. The van der Waals surface area contributed by atoms with Crippen LogP contribution in [0.1, 0.15) is 40.7 Å². The van der Waals surface area contributed by atoms with Crippen molar-refractivity contribution in [3.63, 3.8) is 0 Å². The maximum atomic E-state index is 12.5. The van der Waals surface area contributed by atoms with Gasteiger partial charge in [0.15, 0.2) is 0 Å². The molecule has 1 atom stereocenters. The monoisotopic (exact) mass is 312 g/mol. The summed E-state index contributed by atoms with van der Waals surface area (Å²) in [5, 5.41) is 11.4. The summed E-state index contributed by atoms with van der Waals surface area (Å²) < 4.78 is 0. The first kappa shape index (κ1) is 16.7. The highest BCUT2D eigenvalue weighted by Crippen LogP contribution is 2.22. The lowest BCUT2D eigenvalue weighted by Gasteiger charge is -2.16. The first-order chi connectivity index (χ1) is 11.0. The number of hydroxylamine groups is 1. The fourth-order valence-electron chi connectivity index (χ4n) is 2.37. The molecule has 0 aliphatic heterocycles. The van der Waals surface area contributed by atoms with Gasteiger partial charge in [-0.05, 0) is 43.2 Å². The Morgan fingerprint density at radius 1 is 1.04 bits per heavy atom. The number of benzene rings is 2. The van der Waals surface area contributed by atoms with Crippen molar-refractivity contribution >= 4 is 17.5 Å². The van der Waals surface area contributed by atoms with E-state index in [4.69, 9.17) is 5.21 Å². The fourth-order valence-corrected chi connectivity index (χ4v) is 2.37. The molecule has 0 saturated carbocycles. The zero-order valence-electron chi connectivity index (χ0n) is 13.2. The predicted molar refractivity (Wildman–Crippen MR) is 88.5 cm³/mol. The maximum Gasteiger partial charge on any atom is 0.274 e. The third-order valence-electron chi connectivity index (χ3n) is 3.72. The van der Waals surface area contributed by atoms with Crippen molar-refractivity contribution < 1.29 is 14.8 Å². The normalized spacial score (nSPS) is 11.6. The van der Waals surface area contributed by atoms with Gasteiger partial charge in [-0.1, -0.05) is 36.8 Å². The van der Waals surface area contributed by atoms with Crippen LogP contribution >= 0.6 is 0 Å². The lowest BCUT2D eigenvalue weighted by Crippen LogP contribution is -2.21. The molecule has 5 nitrogen and oxygen atoms in total. The second-order valence-corrected chi connectivity index (χ2v) is 5.38. The van der Waals surface area contributed by atoms with Crippen LogP contribution in [0.5, 0.6) is 0 Å². The van der Waals surface area contributed by atoms with Crippen molar-refractivity contribution in [1.29, 1.82) is 0 Å². The standard InChI is InChI=1S/C18H20N2O3/c1-3-16(13-6-4-12(2)5-7-13)18(22)19-15-10-8-14(9-11-15)17(21)20-23/h4-11,16,23H,3H2,1-2H3,(H,19,22)(H,20,21). The summed E-state index contributed by atoms with van der Waals surface area (Å²) in [6, 6.07) is 14.3. The van der Waals surface area contributed by atoms with Crippen LogP contribution in [-0.4, -0.2) is 17.0 Å². The minimum Gasteiger partial charge on any atom is -0.326 e. The maximum absolute atomic E-state index is 12.5. The minimum absolute atomic E-state index is 0.0873. The SMILES string of the molecule is CCC(C(=O)Nc1ccc(C(=O)NO)cc1)c1ccc(C)cc1. The number of hydrogen-bond acceptors (Lipinski definition) is 3. The van der Waals surface area contributed by atoms with Crippen LogP contribution in [0.4, 0.5) is 5.69 Å². The van der Waals surface area contributed by atoms with Crippen LogP contribution in [-0.2, 0) is 4.79 Å². The topological polar surface area (TPSA) is 78.4 Å². The molecule has 2 amide bonds. The Labute approximate surface area is 135 Å². The molecule has 5 heteroatoms. The molecule has 0 aromatic heterocycles. The zero-order valence-corrected chi connectivity index (χ0v) is 13.2. The summed E-state index contributed by atoms with van der Waals surface area (Å²) in [6.07, 6.45) is 0.694. The number of amides is 2. The summed E-state index contributed by atoms with van der Waals surface area (Å²) in [5.74, 6) is -0.902. The first-order valence-corrected chi connectivity index (χ1v) is 7.47. The highest BCUT2D eigenvalue weighted by Gasteiger charge is 2.18. The highest BCUT2D eigenvalue weighted by atomic mass is 16.5. The van der Waals surface area contributed by atoms with E-state index in [-0.39, 0.29) is 11.8 Å². The van der Waals surface area contributed by atoms with Crippen LogP contribution < -0.4 is 10.8 Å². The van der Waals surface area contributed by atoms with E-state index in [1.165, 1.54) is 12.1 Å². The Morgan fingerprint density at radius 2 is 1.65 bits per heavy atom. The van der Waals surface area contributed by atoms with Gasteiger partial charge in [0.25, 0.3) is 5.91 Å². The minimum atomic E-state index is -0.589. The molecule has 0 fully saturated rings. The molecule has 0 heterocycles. The lowest BCUT2D eigenvalue weighted by molar-refractivity contribution is -0.117. The quantitative estimate of drug-likeness (QED) is 0.586. The van der Waals surface area contributed by atoms with Gasteiger partial charge < -0.3 is 5.32 Å². The van der Waals surface area contributed by atoms with Gasteiger partial charge in [0.05, 0.1) is 5.92 Å². The Kier molecular flexibility index (Phi) is 5.49. The Balaban J connectivity index is 2.10. The van der Waals surface area contributed by atoms with Crippen molar-refractivity contribution in [3.05, 3.63) is 65.2 Å². The Bertz CT molecular complexity index is 678. The van der Waals surface area contributed by atoms with Gasteiger partial charge in [0, 0.05) is 11.3 Å². The first-order valence-electron chi connectivity index (χ1n) is 7.47. The smallest absolute Gasteiger partial charge is 0.274 e. The number of anilines is 1. The number of aryl methyl sites for hydroxylation is 1. The van der Waals surface area contributed by atoms with Gasteiger partial charge in [-0.2, -0.15) is 0 Å². The molecule has 0 bridgehead atoms. The van der Waals surface area contributed by atoms with Crippen LogP contribution in [0.3, 0.4) is 0 Å². The number of carbonyl (C=O) groups excluding carboxylic acids is 2. The van der Waals surface area contributed by atoms with E-state index in [2.05, 4.69) is 5.32 Å². The van der Waals surface area contributed by atoms with Gasteiger partial charge in [0.2, 0.25) is 5.91 Å². The average Bonchev–Trinajstić information content (AvgIpc) is 2.57. The summed E-state index contributed by atoms with van der Waals surface area (Å²) in [7, 11) is 0. The van der Waals surface area contributed by atoms with E-state index in [0.717, 1.165) is 11.1 Å². The van der Waals surface area contributed by atoms with E-state index in [1.807, 2.05) is 38.1 Å². The summed E-state index contributed by atoms with van der Waals surface area (Å²) in [4.78, 5) is 23.7. The van der Waals surface area contributed by atoms with Crippen molar-refractivity contribution in [2.75, 3.05) is 5.32 Å². The number of carbonyl (C=O) groups is 2. The zero-order chi connectivity index (χ0) is 16.8. The molecule has 1 unspecified atom stereocenters. The van der Waals surface area contributed by atoms with E-state index in [1.54, 1.807) is 17.6 Å². The molecule has 2 aromatic carbocycles. The van der Waals surface area contributed by atoms with Gasteiger partial charge in [-0.25, -0.2) is 5.48 Å². The number of nitrogens with one attached hydrogen (secondary N) is 2. The molecule has 2 aromatic rings. The summed E-state index contributed by atoms with van der Waals surface area (Å²) >= 11 is 0. The molecule has 0 spiro atoms. The molecule has 0 radical (unpaired) electrons. The van der Waals surface area contributed by atoms with Crippen LogP contribution in [0.2, 0.25) is 0 Å². The van der Waals surface area contributed by atoms with Crippen LogP contribution in [0, 0.1) is 6.92 Å². The molecule has 0 aliphatic carbocycles. The van der Waals surface area contributed by atoms with Crippen LogP contribution in [0.15, 0.2) is 48.5 Å². The van der Waals surface area contributed by atoms with Crippen molar-refractivity contribution in [2.45, 2.75) is 26.2 Å². The third kappa shape index (κ3) is 4.17. The van der Waals surface area contributed by atoms with Crippen LogP contribution in [0.25, 0.3) is 0 Å². The predicted octanol–water partition coefficient (Wildman–Crippen LogP) is 3.25. The fraction of sp³-hybridized carbons (Fsp3) is 0.222. The van der Waals surface area contributed by atoms with E-state index in [9.17, 15) is 9.59 Å². The number of rotatable bonds is 5. The summed E-state index contributed by atoms with van der Waals surface area (Å²) in [6.45, 7) is 3.98. The Morgan fingerprint density at radius 3 is 2.17 bits per heavy atom. The molecule has 2 rings (SSSR count). The van der Waals surface area contributed by atoms with Gasteiger partial charge in [-0.15, -0.1) is 0 Å². The van der Waals surface area contributed by atoms with Gasteiger partial charge in [0.1, 0.15) is 0 Å². The van der Waals surface area contributed by atoms with Crippen molar-refractivity contribution in [3.8, 4) is 0 Å². The number of hydrogen-bond donors (Lipinski definition) is 3. The average molecular weight is 312 g/mol. The van der Waals surface area contributed by atoms with Crippen molar-refractivity contribution in [1.82, 2.24) is 5.48 Å². The van der Waals surface area contributed by atoms with Gasteiger partial charge >= 0.3 is 0 Å². The second-order valence-electron chi connectivity index (χ2n) is 5.38. The van der Waals surface area contributed by atoms with Crippen molar-refractivity contribution in [2.24, 2.45) is 0 Å². The van der Waals surface area contributed by atoms with E-state index >= 15 is 0 Å². The van der Waals surface area contributed by atoms with Gasteiger partial charge in [-0.3, -0.25) is 14.8 Å². The summed E-state index contributed by atoms with van der Waals surface area (Å²) in [5.41, 5.74) is 4.62. The molecular weight excluding hydrogens is 292 g/mol. The molecule has 3 N–H and O–H groups in total. The highest BCUT2D eigenvalue weighted by molar-refractivity contribution is 5.97. The molecule has 23 heavy (non-hydrogen) atoms. The molecular formula is C18H20N2O3. The largest absolute Gasteiger partial charge is 0.326 e.